The van der Waals surface area contributed by atoms with Crippen molar-refractivity contribution in [3.63, 3.8) is 0 Å². The summed E-state index contributed by atoms with van der Waals surface area (Å²) >= 11 is 0. The highest BCUT2D eigenvalue weighted by Gasteiger charge is 2.44. The van der Waals surface area contributed by atoms with Gasteiger partial charge in [-0.05, 0) is 64.2 Å². The fourth-order valence-corrected chi connectivity index (χ4v) is 6.49. The Labute approximate surface area is 174 Å². The number of piperidine rings is 1. The van der Waals surface area contributed by atoms with Gasteiger partial charge in [-0.25, -0.2) is 9.59 Å². The molecule has 0 N–H and O–H groups in total. The molecule has 0 aromatic heterocycles. The first-order valence-corrected chi connectivity index (χ1v) is 12.5. The van der Waals surface area contributed by atoms with Gasteiger partial charge in [0, 0.05) is 6.54 Å². The highest BCUT2D eigenvalue weighted by molar-refractivity contribution is 7.53. The molecule has 4 atom stereocenters. The third kappa shape index (κ3) is 6.43. The number of ether oxygens (including phenoxy) is 2. The van der Waals surface area contributed by atoms with Crippen LogP contribution < -0.4 is 0 Å². The number of rotatable bonds is 9. The molecule has 0 spiro atoms. The second-order valence-electron chi connectivity index (χ2n) is 7.78. The summed E-state index contributed by atoms with van der Waals surface area (Å²) in [6.07, 6.45) is 4.26. The number of fused-ring (bicyclic) bond motifs is 1. The number of methoxy groups -OCH3 is 1. The van der Waals surface area contributed by atoms with Gasteiger partial charge < -0.3 is 18.5 Å². The Balaban J connectivity index is 2.00. The van der Waals surface area contributed by atoms with Gasteiger partial charge in [-0.3, -0.25) is 9.46 Å². The molecule has 1 aliphatic carbocycles. The largest absolute Gasteiger partial charge is 0.464 e. The summed E-state index contributed by atoms with van der Waals surface area (Å²) in [5.41, 5.74) is 0. The van der Waals surface area contributed by atoms with Gasteiger partial charge in [-0.15, -0.1) is 0 Å². The van der Waals surface area contributed by atoms with Crippen LogP contribution >= 0.6 is 7.60 Å². The average Bonchev–Trinajstić information content (AvgIpc) is 2.71. The fraction of sp³-hybridized carbons (Fsp3) is 0.900. The van der Waals surface area contributed by atoms with E-state index in [0.29, 0.717) is 50.1 Å². The number of carbonyl (C=O) groups is 2. The van der Waals surface area contributed by atoms with E-state index in [4.69, 9.17) is 18.5 Å². The SMILES string of the molecule is CCOC(=O)[C@@H]1C[C@H]2C[C@@H](CCP(=O)(OCC)OCC)CC[C@H]2CN1C(=O)OC. The Morgan fingerprint density at radius 3 is 2.28 bits per heavy atom. The number of carbonyl (C=O) groups excluding carboxylic acids is 2. The molecule has 1 heterocycles. The molecule has 29 heavy (non-hydrogen) atoms. The lowest BCUT2D eigenvalue weighted by atomic mass is 9.68. The van der Waals surface area contributed by atoms with Gasteiger partial charge in [0.1, 0.15) is 6.04 Å². The van der Waals surface area contributed by atoms with Crippen LogP contribution in [0.2, 0.25) is 0 Å². The first-order chi connectivity index (χ1) is 13.9. The summed E-state index contributed by atoms with van der Waals surface area (Å²) in [5.74, 6) is 0.734. The lowest BCUT2D eigenvalue weighted by molar-refractivity contribution is -0.152. The molecule has 1 amide bonds. The van der Waals surface area contributed by atoms with E-state index >= 15 is 0 Å². The van der Waals surface area contributed by atoms with Gasteiger partial charge >= 0.3 is 19.7 Å². The van der Waals surface area contributed by atoms with E-state index < -0.39 is 19.7 Å². The normalized spacial score (nSPS) is 27.2. The van der Waals surface area contributed by atoms with Crippen LogP contribution in [0.4, 0.5) is 4.79 Å². The number of esters is 1. The molecule has 0 radical (unpaired) electrons. The Bertz CT molecular complexity index is 589. The standard InChI is InChI=1S/C20H36NO7P/c1-5-26-19(22)18-13-17-12-15(10-11-29(24,27-6-2)28-7-3)8-9-16(17)14-21(18)20(23)25-4/h15-18H,5-14H2,1-4H3/t15-,16+,17-,18+/m1/s1. The molecule has 2 rings (SSSR count). The monoisotopic (exact) mass is 433 g/mol. The molecule has 0 aromatic rings. The maximum absolute atomic E-state index is 12.7. The first kappa shape index (κ1) is 24.2. The minimum atomic E-state index is -3.03. The third-order valence-corrected chi connectivity index (χ3v) is 8.12. The first-order valence-electron chi connectivity index (χ1n) is 10.8. The molecule has 1 saturated heterocycles. The quantitative estimate of drug-likeness (QED) is 0.400. The Morgan fingerprint density at radius 2 is 1.69 bits per heavy atom. The van der Waals surface area contributed by atoms with Crippen molar-refractivity contribution in [2.24, 2.45) is 17.8 Å². The fourth-order valence-electron chi connectivity index (χ4n) is 4.69. The van der Waals surface area contributed by atoms with Crippen molar-refractivity contribution in [2.45, 2.75) is 58.9 Å². The van der Waals surface area contributed by atoms with Crippen LogP contribution in [-0.4, -0.2) is 62.6 Å². The van der Waals surface area contributed by atoms with Gasteiger partial charge in [0.2, 0.25) is 0 Å². The van der Waals surface area contributed by atoms with Crippen LogP contribution in [0.25, 0.3) is 0 Å². The number of likely N-dealkylation sites (tertiary alicyclic amines) is 1. The Hall–Kier alpha value is -1.11. The predicted molar refractivity (Wildman–Crippen MR) is 109 cm³/mol. The Kier molecular flexibility index (Phi) is 9.44. The van der Waals surface area contributed by atoms with Crippen LogP contribution in [0, 0.1) is 17.8 Å². The molecule has 1 aliphatic heterocycles. The molecule has 2 aliphatic rings. The maximum Gasteiger partial charge on any atom is 0.410 e. The van der Waals surface area contributed by atoms with Crippen LogP contribution in [0.3, 0.4) is 0 Å². The second-order valence-corrected chi connectivity index (χ2v) is 9.97. The van der Waals surface area contributed by atoms with Crippen LogP contribution in [0.1, 0.15) is 52.9 Å². The summed E-state index contributed by atoms with van der Waals surface area (Å²) < 4.78 is 33.7. The van der Waals surface area contributed by atoms with Crippen molar-refractivity contribution in [1.29, 1.82) is 0 Å². The van der Waals surface area contributed by atoms with E-state index in [-0.39, 0.29) is 12.6 Å². The summed E-state index contributed by atoms with van der Waals surface area (Å²) in [4.78, 5) is 26.2. The molecule has 2 fully saturated rings. The zero-order chi connectivity index (χ0) is 21.4. The van der Waals surface area contributed by atoms with Crippen molar-refractivity contribution in [3.05, 3.63) is 0 Å². The molecule has 1 saturated carbocycles. The molecule has 0 aromatic carbocycles. The molecule has 0 unspecified atom stereocenters. The van der Waals surface area contributed by atoms with Crippen LogP contribution in [0.15, 0.2) is 0 Å². The highest BCUT2D eigenvalue weighted by atomic mass is 31.2. The lowest BCUT2D eigenvalue weighted by Crippen LogP contribution is -2.55. The van der Waals surface area contributed by atoms with Gasteiger partial charge in [0.05, 0.1) is 33.1 Å². The van der Waals surface area contributed by atoms with Crippen molar-refractivity contribution in [3.8, 4) is 0 Å². The topological polar surface area (TPSA) is 91.4 Å². The summed E-state index contributed by atoms with van der Waals surface area (Å²) in [7, 11) is -1.69. The number of hydrogen-bond acceptors (Lipinski definition) is 7. The second kappa shape index (κ2) is 11.3. The molecule has 168 valence electrons. The van der Waals surface area contributed by atoms with E-state index in [1.54, 1.807) is 6.92 Å². The average molecular weight is 433 g/mol. The molecule has 9 heteroatoms. The minimum absolute atomic E-state index is 0.283. The van der Waals surface area contributed by atoms with Gasteiger partial charge in [-0.1, -0.05) is 6.42 Å². The van der Waals surface area contributed by atoms with Crippen molar-refractivity contribution in [2.75, 3.05) is 39.6 Å². The molecular weight excluding hydrogens is 397 g/mol. The van der Waals surface area contributed by atoms with E-state index in [2.05, 4.69) is 0 Å². The van der Waals surface area contributed by atoms with Crippen LogP contribution in [-0.2, 0) is 27.9 Å². The van der Waals surface area contributed by atoms with Gasteiger partial charge in [-0.2, -0.15) is 0 Å². The number of nitrogens with zero attached hydrogens (tertiary/aromatic N) is 1. The maximum atomic E-state index is 12.7. The number of hydrogen-bond donors (Lipinski definition) is 0. The summed E-state index contributed by atoms with van der Waals surface area (Å²) in [6.45, 7) is 6.95. The third-order valence-electron chi connectivity index (χ3n) is 6.01. The van der Waals surface area contributed by atoms with Crippen molar-refractivity contribution in [1.82, 2.24) is 4.90 Å². The summed E-state index contributed by atoms with van der Waals surface area (Å²) in [6, 6.07) is -0.597. The summed E-state index contributed by atoms with van der Waals surface area (Å²) in [5, 5.41) is 0. The lowest BCUT2D eigenvalue weighted by Gasteiger charge is -2.46. The zero-order valence-electron chi connectivity index (χ0n) is 18.1. The zero-order valence-corrected chi connectivity index (χ0v) is 19.0. The van der Waals surface area contributed by atoms with E-state index in [9.17, 15) is 14.2 Å². The smallest absolute Gasteiger partial charge is 0.410 e. The van der Waals surface area contributed by atoms with Crippen molar-refractivity contribution >= 4 is 19.7 Å². The highest BCUT2D eigenvalue weighted by Crippen LogP contribution is 2.51. The van der Waals surface area contributed by atoms with Gasteiger partial charge in [0.15, 0.2) is 0 Å². The van der Waals surface area contributed by atoms with E-state index in [1.807, 2.05) is 13.8 Å². The number of amides is 1. The molecule has 8 nitrogen and oxygen atoms in total. The molecular formula is C20H36NO7P. The van der Waals surface area contributed by atoms with E-state index in [0.717, 1.165) is 25.7 Å². The van der Waals surface area contributed by atoms with E-state index in [1.165, 1.54) is 12.0 Å². The molecule has 0 bridgehead atoms. The Morgan fingerprint density at radius 1 is 1.00 bits per heavy atom. The van der Waals surface area contributed by atoms with Crippen LogP contribution in [0.5, 0.6) is 0 Å². The van der Waals surface area contributed by atoms with Crippen molar-refractivity contribution < 1.29 is 32.7 Å². The predicted octanol–water partition coefficient (Wildman–Crippen LogP) is 4.08. The minimum Gasteiger partial charge on any atom is -0.464 e. The van der Waals surface area contributed by atoms with Gasteiger partial charge in [0.25, 0.3) is 0 Å².